The zero-order chi connectivity index (χ0) is 16.3. The topological polar surface area (TPSA) is 67.9 Å². The van der Waals surface area contributed by atoms with Crippen LogP contribution in [0.4, 0.5) is 0 Å². The van der Waals surface area contributed by atoms with E-state index in [-0.39, 0.29) is 12.0 Å². The lowest BCUT2D eigenvalue weighted by Gasteiger charge is -2.31. The van der Waals surface area contributed by atoms with Gasteiger partial charge in [-0.25, -0.2) is 4.72 Å². The van der Waals surface area contributed by atoms with E-state index >= 15 is 0 Å². The van der Waals surface area contributed by atoms with Gasteiger partial charge in [0.05, 0.1) is 12.7 Å². The van der Waals surface area contributed by atoms with E-state index in [2.05, 4.69) is 4.72 Å². The van der Waals surface area contributed by atoms with Crippen LogP contribution in [0.3, 0.4) is 0 Å². The van der Waals surface area contributed by atoms with Gasteiger partial charge < -0.3 is 9.47 Å². The van der Waals surface area contributed by atoms with Crippen LogP contribution in [0, 0.1) is 5.92 Å². The largest absolute Gasteiger partial charge is 0.493 e. The first-order valence-electron chi connectivity index (χ1n) is 8.06. The van der Waals surface area contributed by atoms with Crippen molar-refractivity contribution in [1.82, 2.24) is 9.03 Å². The number of para-hydroxylation sites is 1. The lowest BCUT2D eigenvalue weighted by atomic mass is 9.97. The van der Waals surface area contributed by atoms with Gasteiger partial charge in [-0.2, -0.15) is 12.7 Å². The molecule has 0 aliphatic carbocycles. The molecule has 3 rings (SSSR count). The Hall–Kier alpha value is -1.15. The summed E-state index contributed by atoms with van der Waals surface area (Å²) < 4.78 is 40.1. The van der Waals surface area contributed by atoms with Crippen molar-refractivity contribution >= 4 is 10.2 Å². The second-order valence-electron chi connectivity index (χ2n) is 6.18. The highest BCUT2D eigenvalue weighted by atomic mass is 32.2. The van der Waals surface area contributed by atoms with Gasteiger partial charge in [0.1, 0.15) is 5.75 Å². The molecule has 0 spiro atoms. The number of ether oxygens (including phenoxy) is 2. The summed E-state index contributed by atoms with van der Waals surface area (Å²) >= 11 is 0. The molecular formula is C16H24N2O4S. The number of hydrogen-bond acceptors (Lipinski definition) is 4. The Balaban J connectivity index is 1.52. The molecule has 0 unspecified atom stereocenters. The number of hydrogen-bond donors (Lipinski definition) is 1. The maximum Gasteiger partial charge on any atom is 0.279 e. The van der Waals surface area contributed by atoms with Gasteiger partial charge in [0.25, 0.3) is 10.2 Å². The van der Waals surface area contributed by atoms with Gasteiger partial charge >= 0.3 is 0 Å². The second kappa shape index (κ2) is 7.17. The van der Waals surface area contributed by atoms with Crippen molar-refractivity contribution in [2.45, 2.75) is 25.4 Å². The SMILES string of the molecule is COC1CCN(S(=O)(=O)NC[C@H]2COc3ccccc3C2)CC1. The fraction of sp³-hybridized carbons (Fsp3) is 0.625. The summed E-state index contributed by atoms with van der Waals surface area (Å²) in [5.74, 6) is 1.07. The molecule has 1 aromatic rings. The van der Waals surface area contributed by atoms with Crippen LogP contribution in [-0.2, 0) is 21.4 Å². The number of nitrogens with zero attached hydrogens (tertiary/aromatic N) is 1. The van der Waals surface area contributed by atoms with Crippen molar-refractivity contribution in [2.24, 2.45) is 5.92 Å². The first-order valence-corrected chi connectivity index (χ1v) is 9.50. The minimum absolute atomic E-state index is 0.163. The first kappa shape index (κ1) is 16.7. The molecule has 7 heteroatoms. The van der Waals surface area contributed by atoms with E-state index < -0.39 is 10.2 Å². The lowest BCUT2D eigenvalue weighted by molar-refractivity contribution is 0.0601. The van der Waals surface area contributed by atoms with Crippen molar-refractivity contribution in [2.75, 3.05) is 33.4 Å². The van der Waals surface area contributed by atoms with E-state index in [1.807, 2.05) is 24.3 Å². The molecule has 0 amide bonds. The molecule has 1 fully saturated rings. The number of rotatable bonds is 5. The van der Waals surface area contributed by atoms with Crippen molar-refractivity contribution in [1.29, 1.82) is 0 Å². The quantitative estimate of drug-likeness (QED) is 0.874. The van der Waals surface area contributed by atoms with Crippen molar-refractivity contribution in [3.63, 3.8) is 0 Å². The van der Waals surface area contributed by atoms with E-state index in [1.54, 1.807) is 7.11 Å². The van der Waals surface area contributed by atoms with Crippen molar-refractivity contribution in [3.8, 4) is 5.75 Å². The Morgan fingerprint density at radius 2 is 2.04 bits per heavy atom. The van der Waals surface area contributed by atoms with E-state index in [0.29, 0.717) is 26.2 Å². The Labute approximate surface area is 138 Å². The average Bonchev–Trinajstić information content (AvgIpc) is 2.60. The van der Waals surface area contributed by atoms with Crippen LogP contribution in [-0.4, -0.2) is 52.2 Å². The van der Waals surface area contributed by atoms with E-state index in [9.17, 15) is 8.42 Å². The van der Waals surface area contributed by atoms with Crippen LogP contribution < -0.4 is 9.46 Å². The minimum Gasteiger partial charge on any atom is -0.493 e. The summed E-state index contributed by atoms with van der Waals surface area (Å²) in [7, 11) is -1.74. The highest BCUT2D eigenvalue weighted by Crippen LogP contribution is 2.26. The van der Waals surface area contributed by atoms with Crippen molar-refractivity contribution < 1.29 is 17.9 Å². The molecular weight excluding hydrogens is 316 g/mol. The van der Waals surface area contributed by atoms with Gasteiger partial charge in [-0.3, -0.25) is 0 Å². The Morgan fingerprint density at radius 3 is 2.78 bits per heavy atom. The maximum absolute atomic E-state index is 12.4. The number of fused-ring (bicyclic) bond motifs is 1. The third-order valence-electron chi connectivity index (χ3n) is 4.58. The highest BCUT2D eigenvalue weighted by Gasteiger charge is 2.29. The number of piperidine rings is 1. The molecule has 0 saturated carbocycles. The molecule has 128 valence electrons. The molecule has 0 bridgehead atoms. The standard InChI is InChI=1S/C16H24N2O4S/c1-21-15-6-8-18(9-7-15)23(19,20)17-11-13-10-14-4-2-3-5-16(14)22-12-13/h2-5,13,15,17H,6-12H2,1H3/t13-/m0/s1. The fourth-order valence-corrected chi connectivity index (χ4v) is 4.46. The van der Waals surface area contributed by atoms with Crippen molar-refractivity contribution in [3.05, 3.63) is 29.8 Å². The van der Waals surface area contributed by atoms with Crippen LogP contribution in [0.2, 0.25) is 0 Å². The molecule has 2 aliphatic rings. The van der Waals surface area contributed by atoms with Crippen LogP contribution in [0.5, 0.6) is 5.75 Å². The summed E-state index contributed by atoms with van der Waals surface area (Å²) in [6.07, 6.45) is 2.50. The minimum atomic E-state index is -3.42. The number of benzene rings is 1. The molecule has 1 N–H and O–H groups in total. The third-order valence-corrected chi connectivity index (χ3v) is 6.16. The van der Waals surface area contributed by atoms with Gasteiger partial charge in [-0.1, -0.05) is 18.2 Å². The monoisotopic (exact) mass is 340 g/mol. The molecule has 1 aromatic carbocycles. The molecule has 23 heavy (non-hydrogen) atoms. The summed E-state index contributed by atoms with van der Waals surface area (Å²) in [5, 5.41) is 0. The maximum atomic E-state index is 12.4. The summed E-state index contributed by atoms with van der Waals surface area (Å²) in [6, 6.07) is 7.92. The molecule has 0 radical (unpaired) electrons. The van der Waals surface area contributed by atoms with E-state index in [1.165, 1.54) is 4.31 Å². The average molecular weight is 340 g/mol. The summed E-state index contributed by atoms with van der Waals surface area (Å²) in [6.45, 7) is 1.97. The van der Waals surface area contributed by atoms with Crippen LogP contribution in [0.15, 0.2) is 24.3 Å². The molecule has 1 saturated heterocycles. The van der Waals surface area contributed by atoms with Crippen LogP contribution in [0.1, 0.15) is 18.4 Å². The molecule has 6 nitrogen and oxygen atoms in total. The third kappa shape index (κ3) is 4.03. The van der Waals surface area contributed by atoms with Crippen LogP contribution >= 0.6 is 0 Å². The van der Waals surface area contributed by atoms with Gasteiger partial charge in [-0.15, -0.1) is 0 Å². The van der Waals surface area contributed by atoms with Gasteiger partial charge in [0.2, 0.25) is 0 Å². The second-order valence-corrected chi connectivity index (χ2v) is 7.93. The van der Waals surface area contributed by atoms with Crippen LogP contribution in [0.25, 0.3) is 0 Å². The first-order chi connectivity index (χ1) is 11.1. The Kier molecular flexibility index (Phi) is 5.21. The zero-order valence-corrected chi connectivity index (χ0v) is 14.2. The number of nitrogens with one attached hydrogen (secondary N) is 1. The van der Waals surface area contributed by atoms with Gasteiger partial charge in [0.15, 0.2) is 0 Å². The van der Waals surface area contributed by atoms with Gasteiger partial charge in [0, 0.05) is 32.7 Å². The number of methoxy groups -OCH3 is 1. The van der Waals surface area contributed by atoms with E-state index in [4.69, 9.17) is 9.47 Å². The lowest BCUT2D eigenvalue weighted by Crippen LogP contribution is -2.48. The Morgan fingerprint density at radius 1 is 1.30 bits per heavy atom. The summed E-state index contributed by atoms with van der Waals surface area (Å²) in [5.41, 5.74) is 1.14. The summed E-state index contributed by atoms with van der Waals surface area (Å²) in [4.78, 5) is 0. The predicted octanol–water partition coefficient (Wildman–Crippen LogP) is 1.18. The zero-order valence-electron chi connectivity index (χ0n) is 13.4. The molecule has 2 heterocycles. The van der Waals surface area contributed by atoms with E-state index in [0.717, 1.165) is 30.6 Å². The van der Waals surface area contributed by atoms with Gasteiger partial charge in [-0.05, 0) is 30.9 Å². The fourth-order valence-electron chi connectivity index (χ4n) is 3.14. The Bertz CT molecular complexity index is 627. The normalized spacial score (nSPS) is 23.3. The smallest absolute Gasteiger partial charge is 0.279 e. The highest BCUT2D eigenvalue weighted by molar-refractivity contribution is 7.87. The predicted molar refractivity (Wildman–Crippen MR) is 87.7 cm³/mol. The molecule has 0 aromatic heterocycles. The molecule has 2 aliphatic heterocycles. The molecule has 1 atom stereocenters.